The van der Waals surface area contributed by atoms with Gasteiger partial charge in [-0.1, -0.05) is 11.6 Å². The van der Waals surface area contributed by atoms with E-state index in [1.807, 2.05) is 6.07 Å². The lowest BCUT2D eigenvalue weighted by Gasteiger charge is -2.00. The highest BCUT2D eigenvalue weighted by atomic mass is 35.5. The monoisotopic (exact) mass is 240 g/mol. The normalized spacial score (nSPS) is 10.5. The molecule has 0 atom stereocenters. The summed E-state index contributed by atoms with van der Waals surface area (Å²) in [6.07, 6.45) is 0. The summed E-state index contributed by atoms with van der Waals surface area (Å²) in [4.78, 5) is 0. The number of aryl methyl sites for hydroxylation is 1. The highest BCUT2D eigenvalue weighted by molar-refractivity contribution is 7.23. The Kier molecular flexibility index (Phi) is 2.29. The van der Waals surface area contributed by atoms with Crippen LogP contribution in [0.1, 0.15) is 11.1 Å². The summed E-state index contributed by atoms with van der Waals surface area (Å²) >= 11 is 7.09. The largest absolute Gasteiger partial charge is 0.389 e. The smallest absolute Gasteiger partial charge is 0.128 e. The SMILES string of the molecule is Cc1c(F)cc(Cl)c2sc(N)c(C#N)c12. The predicted molar refractivity (Wildman–Crippen MR) is 60.7 cm³/mol. The van der Waals surface area contributed by atoms with Crippen molar-refractivity contribution in [1.29, 1.82) is 5.26 Å². The lowest BCUT2D eigenvalue weighted by atomic mass is 10.1. The van der Waals surface area contributed by atoms with Gasteiger partial charge in [0.2, 0.25) is 0 Å². The highest BCUT2D eigenvalue weighted by Gasteiger charge is 2.16. The summed E-state index contributed by atoms with van der Waals surface area (Å²) in [6.45, 7) is 1.61. The molecule has 1 heterocycles. The molecule has 0 bridgehead atoms. The third-order valence-corrected chi connectivity index (χ3v) is 3.71. The van der Waals surface area contributed by atoms with Crippen LogP contribution in [0.25, 0.3) is 10.1 Å². The number of nitrogens with two attached hydrogens (primary N) is 1. The summed E-state index contributed by atoms with van der Waals surface area (Å²) in [7, 11) is 0. The van der Waals surface area contributed by atoms with Crippen LogP contribution in [0.5, 0.6) is 0 Å². The van der Waals surface area contributed by atoms with Gasteiger partial charge in [0.05, 0.1) is 15.3 Å². The molecule has 0 radical (unpaired) electrons. The van der Waals surface area contributed by atoms with Gasteiger partial charge in [-0.3, -0.25) is 0 Å². The van der Waals surface area contributed by atoms with E-state index in [2.05, 4.69) is 0 Å². The first-order chi connectivity index (χ1) is 7.06. The van der Waals surface area contributed by atoms with Crippen LogP contribution in [0.2, 0.25) is 5.02 Å². The molecule has 5 heteroatoms. The van der Waals surface area contributed by atoms with Crippen LogP contribution >= 0.6 is 22.9 Å². The van der Waals surface area contributed by atoms with Crippen LogP contribution in [0.4, 0.5) is 9.39 Å². The Bertz CT molecular complexity index is 598. The zero-order valence-corrected chi connectivity index (χ0v) is 9.34. The fraction of sp³-hybridized carbons (Fsp3) is 0.100. The molecule has 0 fully saturated rings. The summed E-state index contributed by atoms with van der Waals surface area (Å²) in [5.74, 6) is -0.415. The van der Waals surface area contributed by atoms with Crippen molar-refractivity contribution in [3.05, 3.63) is 28.0 Å². The molecule has 15 heavy (non-hydrogen) atoms. The van der Waals surface area contributed by atoms with Crippen molar-refractivity contribution >= 4 is 38.0 Å². The number of hydrogen-bond donors (Lipinski definition) is 1. The standard InChI is InChI=1S/C10H6ClFN2S/c1-4-7(12)2-6(11)9-8(4)5(3-13)10(14)15-9/h2H,14H2,1H3. The molecule has 0 saturated heterocycles. The number of nitriles is 1. The minimum atomic E-state index is -0.415. The Morgan fingerprint density at radius 2 is 2.27 bits per heavy atom. The molecule has 0 unspecified atom stereocenters. The summed E-state index contributed by atoms with van der Waals surface area (Å²) < 4.78 is 14.1. The van der Waals surface area contributed by atoms with Gasteiger partial charge in [-0.25, -0.2) is 4.39 Å². The van der Waals surface area contributed by atoms with E-state index in [1.54, 1.807) is 6.92 Å². The van der Waals surface area contributed by atoms with E-state index in [1.165, 1.54) is 17.4 Å². The zero-order valence-electron chi connectivity index (χ0n) is 7.77. The van der Waals surface area contributed by atoms with Crippen LogP contribution < -0.4 is 5.73 Å². The van der Waals surface area contributed by atoms with E-state index in [-0.39, 0.29) is 0 Å². The summed E-state index contributed by atoms with van der Waals surface area (Å²) in [6, 6.07) is 3.22. The van der Waals surface area contributed by atoms with Gasteiger partial charge in [0, 0.05) is 5.39 Å². The average molecular weight is 241 g/mol. The average Bonchev–Trinajstić information content (AvgIpc) is 2.52. The van der Waals surface area contributed by atoms with Gasteiger partial charge >= 0.3 is 0 Å². The molecular weight excluding hydrogens is 235 g/mol. The van der Waals surface area contributed by atoms with Gasteiger partial charge in [-0.2, -0.15) is 5.26 Å². The predicted octanol–water partition coefficient (Wildman–Crippen LogP) is 3.46. The number of fused-ring (bicyclic) bond motifs is 1. The first-order valence-corrected chi connectivity index (χ1v) is 5.32. The maximum atomic E-state index is 13.4. The maximum absolute atomic E-state index is 13.4. The minimum Gasteiger partial charge on any atom is -0.389 e. The number of nitrogen functional groups attached to an aromatic ring is 1. The molecule has 2 rings (SSSR count). The lowest BCUT2D eigenvalue weighted by molar-refractivity contribution is 0.621. The molecule has 0 aliphatic rings. The molecule has 0 saturated carbocycles. The van der Waals surface area contributed by atoms with Gasteiger partial charge in [-0.15, -0.1) is 11.3 Å². The maximum Gasteiger partial charge on any atom is 0.128 e. The second kappa shape index (κ2) is 3.37. The van der Waals surface area contributed by atoms with E-state index in [9.17, 15) is 4.39 Å². The van der Waals surface area contributed by atoms with Gasteiger partial charge in [0.1, 0.15) is 16.9 Å². The Labute approximate surface area is 94.7 Å². The lowest BCUT2D eigenvalue weighted by Crippen LogP contribution is -1.87. The Hall–Kier alpha value is -1.31. The number of hydrogen-bond acceptors (Lipinski definition) is 3. The third kappa shape index (κ3) is 1.36. The molecule has 0 amide bonds. The van der Waals surface area contributed by atoms with E-state index in [4.69, 9.17) is 22.6 Å². The van der Waals surface area contributed by atoms with Crippen molar-refractivity contribution in [2.45, 2.75) is 6.92 Å². The third-order valence-electron chi connectivity index (χ3n) is 2.25. The number of anilines is 1. The quantitative estimate of drug-likeness (QED) is 0.767. The van der Waals surface area contributed by atoms with Gasteiger partial charge in [-0.05, 0) is 18.6 Å². The molecule has 2 N–H and O–H groups in total. The molecule has 76 valence electrons. The van der Waals surface area contributed by atoms with E-state index in [0.29, 0.717) is 31.2 Å². The fourth-order valence-electron chi connectivity index (χ4n) is 1.49. The van der Waals surface area contributed by atoms with E-state index in [0.717, 1.165) is 0 Å². The van der Waals surface area contributed by atoms with Crippen LogP contribution in [-0.2, 0) is 0 Å². The van der Waals surface area contributed by atoms with Crippen LogP contribution in [-0.4, -0.2) is 0 Å². The number of nitrogens with zero attached hydrogens (tertiary/aromatic N) is 1. The molecular formula is C10H6ClFN2S. The summed E-state index contributed by atoms with van der Waals surface area (Å²) in [5, 5.41) is 10.1. The first kappa shape index (κ1) is 10.2. The van der Waals surface area contributed by atoms with Crippen LogP contribution in [0.15, 0.2) is 6.07 Å². The van der Waals surface area contributed by atoms with Crippen LogP contribution in [0, 0.1) is 24.1 Å². The second-order valence-electron chi connectivity index (χ2n) is 3.12. The van der Waals surface area contributed by atoms with Crippen molar-refractivity contribution in [3.8, 4) is 6.07 Å². The molecule has 2 aromatic rings. The van der Waals surface area contributed by atoms with Gasteiger partial charge < -0.3 is 5.73 Å². The molecule has 1 aromatic carbocycles. The van der Waals surface area contributed by atoms with Crippen molar-refractivity contribution < 1.29 is 4.39 Å². The molecule has 0 aliphatic heterocycles. The molecule has 2 nitrogen and oxygen atoms in total. The van der Waals surface area contributed by atoms with Crippen LogP contribution in [0.3, 0.4) is 0 Å². The Morgan fingerprint density at radius 3 is 2.87 bits per heavy atom. The molecule has 0 aliphatic carbocycles. The van der Waals surface area contributed by atoms with Gasteiger partial charge in [0.25, 0.3) is 0 Å². The van der Waals surface area contributed by atoms with E-state index >= 15 is 0 Å². The molecule has 1 aromatic heterocycles. The fourth-order valence-corrected chi connectivity index (χ4v) is 2.78. The number of halogens is 2. The first-order valence-electron chi connectivity index (χ1n) is 4.13. The van der Waals surface area contributed by atoms with Crippen molar-refractivity contribution in [1.82, 2.24) is 0 Å². The highest BCUT2D eigenvalue weighted by Crippen LogP contribution is 2.40. The zero-order chi connectivity index (χ0) is 11.2. The van der Waals surface area contributed by atoms with E-state index < -0.39 is 5.82 Å². The van der Waals surface area contributed by atoms with Crippen molar-refractivity contribution in [2.24, 2.45) is 0 Å². The van der Waals surface area contributed by atoms with Crippen molar-refractivity contribution in [2.75, 3.05) is 5.73 Å². The second-order valence-corrected chi connectivity index (χ2v) is 4.58. The number of rotatable bonds is 0. The Morgan fingerprint density at radius 1 is 1.60 bits per heavy atom. The topological polar surface area (TPSA) is 49.8 Å². The summed E-state index contributed by atoms with van der Waals surface area (Å²) in [5.41, 5.74) is 6.40. The minimum absolute atomic E-state index is 0.298. The Balaban J connectivity index is 3.06. The number of thiophene rings is 1. The molecule has 0 spiro atoms. The number of benzene rings is 1. The van der Waals surface area contributed by atoms with Gasteiger partial charge in [0.15, 0.2) is 0 Å². The van der Waals surface area contributed by atoms with Crippen molar-refractivity contribution in [3.63, 3.8) is 0 Å².